The lowest BCUT2D eigenvalue weighted by Gasteiger charge is -2.36. The Bertz CT molecular complexity index is 485. The molecule has 110 valence electrons. The lowest BCUT2D eigenvalue weighted by atomic mass is 9.94. The molecule has 0 bridgehead atoms. The van der Waals surface area contributed by atoms with Gasteiger partial charge < -0.3 is 10.6 Å². The van der Waals surface area contributed by atoms with E-state index in [-0.39, 0.29) is 12.1 Å². The van der Waals surface area contributed by atoms with Crippen molar-refractivity contribution in [2.24, 2.45) is 11.7 Å². The molecular weight excluding hydrogens is 268 g/mol. The Kier molecular flexibility index (Phi) is 4.13. The number of fused-ring (bicyclic) bond motifs is 1. The highest BCUT2D eigenvalue weighted by molar-refractivity contribution is 7.10. The molecule has 1 saturated carbocycles. The topological polar surface area (TPSA) is 46.3 Å². The Labute approximate surface area is 125 Å². The summed E-state index contributed by atoms with van der Waals surface area (Å²) in [4.78, 5) is 16.3. The van der Waals surface area contributed by atoms with Crippen molar-refractivity contribution in [3.05, 3.63) is 21.9 Å². The summed E-state index contributed by atoms with van der Waals surface area (Å²) < 4.78 is 0. The number of thiophene rings is 1. The summed E-state index contributed by atoms with van der Waals surface area (Å²) in [5.41, 5.74) is 7.50. The number of nitrogens with two attached hydrogens (primary N) is 1. The maximum Gasteiger partial charge on any atom is 0.223 e. The molecular formula is C16H24N2OS. The number of carbonyl (C=O) groups excluding carboxylic acids is 1. The van der Waals surface area contributed by atoms with Gasteiger partial charge in [-0.05, 0) is 48.6 Å². The van der Waals surface area contributed by atoms with Gasteiger partial charge in [0.15, 0.2) is 0 Å². The molecule has 2 aliphatic rings. The average molecular weight is 292 g/mol. The van der Waals surface area contributed by atoms with E-state index in [1.165, 1.54) is 16.9 Å². The number of amides is 1. The summed E-state index contributed by atoms with van der Waals surface area (Å²) in [6.07, 6.45) is 6.07. The van der Waals surface area contributed by atoms with Crippen molar-refractivity contribution in [3.8, 4) is 0 Å². The van der Waals surface area contributed by atoms with Gasteiger partial charge in [-0.25, -0.2) is 0 Å². The fourth-order valence-electron chi connectivity index (χ4n) is 3.80. The zero-order chi connectivity index (χ0) is 14.1. The highest BCUT2D eigenvalue weighted by Gasteiger charge is 2.33. The summed E-state index contributed by atoms with van der Waals surface area (Å²) in [5.74, 6) is 0.722. The second kappa shape index (κ2) is 5.86. The average Bonchev–Trinajstić information content (AvgIpc) is 3.07. The summed E-state index contributed by atoms with van der Waals surface area (Å²) >= 11 is 1.83. The van der Waals surface area contributed by atoms with Gasteiger partial charge in [-0.1, -0.05) is 13.3 Å². The van der Waals surface area contributed by atoms with Gasteiger partial charge in [-0.2, -0.15) is 0 Å². The van der Waals surface area contributed by atoms with E-state index in [1.807, 2.05) is 11.3 Å². The molecule has 3 atom stereocenters. The number of hydrogen-bond donors (Lipinski definition) is 1. The van der Waals surface area contributed by atoms with Crippen molar-refractivity contribution in [1.29, 1.82) is 0 Å². The van der Waals surface area contributed by atoms with Gasteiger partial charge in [0.25, 0.3) is 0 Å². The molecule has 20 heavy (non-hydrogen) atoms. The maximum absolute atomic E-state index is 12.7. The van der Waals surface area contributed by atoms with Crippen LogP contribution in [0, 0.1) is 5.92 Å². The molecule has 4 heteroatoms. The van der Waals surface area contributed by atoms with Crippen LogP contribution in [0.4, 0.5) is 0 Å². The Hall–Kier alpha value is -0.870. The van der Waals surface area contributed by atoms with E-state index in [2.05, 4.69) is 23.3 Å². The Balaban J connectivity index is 1.71. The van der Waals surface area contributed by atoms with Gasteiger partial charge in [-0.3, -0.25) is 4.79 Å². The van der Waals surface area contributed by atoms with E-state index < -0.39 is 0 Å². The van der Waals surface area contributed by atoms with Crippen LogP contribution in [0.5, 0.6) is 0 Å². The zero-order valence-electron chi connectivity index (χ0n) is 12.2. The van der Waals surface area contributed by atoms with Crippen LogP contribution < -0.4 is 5.73 Å². The summed E-state index contributed by atoms with van der Waals surface area (Å²) in [6.45, 7) is 3.06. The van der Waals surface area contributed by atoms with Crippen molar-refractivity contribution < 1.29 is 4.79 Å². The monoisotopic (exact) mass is 292 g/mol. The molecule has 1 aliphatic carbocycles. The summed E-state index contributed by atoms with van der Waals surface area (Å²) in [6, 6.07) is 2.73. The van der Waals surface area contributed by atoms with Crippen LogP contribution in [0.2, 0.25) is 0 Å². The van der Waals surface area contributed by atoms with E-state index in [1.54, 1.807) is 0 Å². The van der Waals surface area contributed by atoms with Gasteiger partial charge in [0.05, 0.1) is 6.04 Å². The van der Waals surface area contributed by atoms with E-state index in [9.17, 15) is 4.79 Å². The minimum atomic E-state index is 0.237. The molecule has 1 amide bonds. The van der Waals surface area contributed by atoms with Gasteiger partial charge in [0.1, 0.15) is 0 Å². The molecule has 1 aromatic rings. The lowest BCUT2D eigenvalue weighted by molar-refractivity contribution is -0.135. The summed E-state index contributed by atoms with van der Waals surface area (Å²) in [7, 11) is 0. The number of hydrogen-bond acceptors (Lipinski definition) is 3. The molecule has 2 heterocycles. The van der Waals surface area contributed by atoms with Crippen molar-refractivity contribution >= 4 is 17.2 Å². The molecule has 1 unspecified atom stereocenters. The molecule has 2 N–H and O–H groups in total. The molecule has 3 nitrogen and oxygen atoms in total. The van der Waals surface area contributed by atoms with Gasteiger partial charge in [0, 0.05) is 23.9 Å². The minimum absolute atomic E-state index is 0.237. The lowest BCUT2D eigenvalue weighted by Crippen LogP contribution is -2.41. The zero-order valence-corrected chi connectivity index (χ0v) is 13.0. The SMILES string of the molecule is CCC1c2ccsc2CCN1C(=O)C[C@@H]1CCC[C@H]1N. The van der Waals surface area contributed by atoms with Crippen molar-refractivity contribution in [3.63, 3.8) is 0 Å². The van der Waals surface area contributed by atoms with Crippen LogP contribution in [0.25, 0.3) is 0 Å². The highest BCUT2D eigenvalue weighted by Crippen LogP contribution is 2.36. The largest absolute Gasteiger partial charge is 0.335 e. The summed E-state index contributed by atoms with van der Waals surface area (Å²) in [5, 5.41) is 2.16. The first-order chi connectivity index (χ1) is 9.70. The van der Waals surface area contributed by atoms with Crippen LogP contribution in [0.3, 0.4) is 0 Å². The molecule has 0 radical (unpaired) electrons. The normalized spacial score (nSPS) is 29.5. The first-order valence-electron chi connectivity index (χ1n) is 7.82. The Morgan fingerprint density at radius 3 is 3.05 bits per heavy atom. The first kappa shape index (κ1) is 14.1. The second-order valence-corrected chi connectivity index (χ2v) is 7.12. The van der Waals surface area contributed by atoms with Crippen LogP contribution in [0.1, 0.15) is 55.5 Å². The molecule has 0 aromatic carbocycles. The van der Waals surface area contributed by atoms with E-state index in [0.717, 1.165) is 32.2 Å². The fourth-order valence-corrected chi connectivity index (χ4v) is 4.72. The maximum atomic E-state index is 12.7. The van der Waals surface area contributed by atoms with Crippen molar-refractivity contribution in [2.45, 2.75) is 57.5 Å². The number of nitrogens with zero attached hydrogens (tertiary/aromatic N) is 1. The Morgan fingerprint density at radius 1 is 1.50 bits per heavy atom. The van der Waals surface area contributed by atoms with Gasteiger partial charge >= 0.3 is 0 Å². The second-order valence-electron chi connectivity index (χ2n) is 6.12. The third kappa shape index (κ3) is 2.51. The van der Waals surface area contributed by atoms with E-state index in [0.29, 0.717) is 18.2 Å². The third-order valence-electron chi connectivity index (χ3n) is 4.96. The third-order valence-corrected chi connectivity index (χ3v) is 5.95. The van der Waals surface area contributed by atoms with Crippen LogP contribution in [0.15, 0.2) is 11.4 Å². The van der Waals surface area contributed by atoms with Gasteiger partial charge in [0.2, 0.25) is 5.91 Å². The highest BCUT2D eigenvalue weighted by atomic mass is 32.1. The quantitative estimate of drug-likeness (QED) is 0.930. The number of carbonyl (C=O) groups is 1. The van der Waals surface area contributed by atoms with Crippen LogP contribution in [-0.2, 0) is 11.2 Å². The van der Waals surface area contributed by atoms with Crippen LogP contribution in [-0.4, -0.2) is 23.4 Å². The first-order valence-corrected chi connectivity index (χ1v) is 8.70. The fraction of sp³-hybridized carbons (Fsp3) is 0.688. The van der Waals surface area contributed by atoms with Crippen LogP contribution >= 0.6 is 11.3 Å². The van der Waals surface area contributed by atoms with Gasteiger partial charge in [-0.15, -0.1) is 11.3 Å². The molecule has 0 spiro atoms. The van der Waals surface area contributed by atoms with E-state index >= 15 is 0 Å². The predicted molar refractivity (Wildman–Crippen MR) is 82.7 cm³/mol. The van der Waals surface area contributed by atoms with E-state index in [4.69, 9.17) is 5.73 Å². The minimum Gasteiger partial charge on any atom is -0.335 e. The molecule has 1 aromatic heterocycles. The molecule has 1 aliphatic heterocycles. The number of rotatable bonds is 3. The Morgan fingerprint density at radius 2 is 2.35 bits per heavy atom. The smallest absolute Gasteiger partial charge is 0.223 e. The molecule has 1 fully saturated rings. The standard InChI is InChI=1S/C16H24N2OS/c1-2-14-12-7-9-20-15(12)6-8-18(14)16(19)10-11-4-3-5-13(11)17/h7,9,11,13-14H,2-6,8,10,17H2,1H3/t11-,13+,14?/m0/s1. The predicted octanol–water partition coefficient (Wildman–Crippen LogP) is 3.10. The molecule has 3 rings (SSSR count). The van der Waals surface area contributed by atoms with Crippen molar-refractivity contribution in [1.82, 2.24) is 4.90 Å². The molecule has 0 saturated heterocycles. The van der Waals surface area contributed by atoms with Crippen molar-refractivity contribution in [2.75, 3.05) is 6.54 Å².